The van der Waals surface area contributed by atoms with Crippen molar-refractivity contribution in [3.05, 3.63) is 60.2 Å². The van der Waals surface area contributed by atoms with Gasteiger partial charge in [0.25, 0.3) is 0 Å². The van der Waals surface area contributed by atoms with Gasteiger partial charge in [-0.15, -0.1) is 0 Å². The fourth-order valence-electron chi connectivity index (χ4n) is 4.21. The van der Waals surface area contributed by atoms with E-state index in [0.717, 1.165) is 41.2 Å². The minimum Gasteiger partial charge on any atom is -0.457 e. The highest BCUT2D eigenvalue weighted by atomic mass is 16.6. The number of nitrogens with zero attached hydrogens (tertiary/aromatic N) is 4. The highest BCUT2D eigenvalue weighted by Gasteiger charge is 2.31. The lowest BCUT2D eigenvalue weighted by atomic mass is 10.1. The third kappa shape index (κ3) is 5.82. The van der Waals surface area contributed by atoms with Crippen LogP contribution in [0.3, 0.4) is 0 Å². The second-order valence-corrected chi connectivity index (χ2v) is 9.70. The van der Waals surface area contributed by atoms with Crippen LogP contribution in [0.2, 0.25) is 0 Å². The van der Waals surface area contributed by atoms with Gasteiger partial charge < -0.3 is 20.1 Å². The van der Waals surface area contributed by atoms with Gasteiger partial charge in [0.2, 0.25) is 0 Å². The minimum atomic E-state index is -0.541. The van der Waals surface area contributed by atoms with Crippen LogP contribution >= 0.6 is 0 Å². The molecule has 8 nitrogen and oxygen atoms in total. The summed E-state index contributed by atoms with van der Waals surface area (Å²) in [7, 11) is 0. The summed E-state index contributed by atoms with van der Waals surface area (Å²) in [5.41, 5.74) is 8.52. The number of hydrogen-bond acceptors (Lipinski definition) is 6. The van der Waals surface area contributed by atoms with Gasteiger partial charge in [-0.3, -0.25) is 4.99 Å². The third-order valence-corrected chi connectivity index (χ3v) is 5.82. The summed E-state index contributed by atoms with van der Waals surface area (Å²) >= 11 is 0. The fourth-order valence-corrected chi connectivity index (χ4v) is 4.21. The van der Waals surface area contributed by atoms with Crippen molar-refractivity contribution in [1.82, 2.24) is 14.7 Å². The molecule has 2 heterocycles. The zero-order valence-electron chi connectivity index (χ0n) is 20.6. The number of nitrogens with two attached hydrogens (primary N) is 1. The first-order valence-electron chi connectivity index (χ1n) is 11.9. The van der Waals surface area contributed by atoms with Crippen molar-refractivity contribution in [2.75, 3.05) is 18.8 Å². The van der Waals surface area contributed by atoms with E-state index in [1.807, 2.05) is 80.1 Å². The number of nitrogen functional groups attached to an aromatic ring is 1. The lowest BCUT2D eigenvalue weighted by Crippen LogP contribution is -2.43. The number of aliphatic imine (C=N–C) groups is 1. The molecular formula is C27H33N5O3. The van der Waals surface area contributed by atoms with E-state index >= 15 is 0 Å². The lowest BCUT2D eigenvalue weighted by Gasteiger charge is -2.34. The summed E-state index contributed by atoms with van der Waals surface area (Å²) in [6.07, 6.45) is 1.41. The van der Waals surface area contributed by atoms with Crippen LogP contribution in [0.1, 0.15) is 45.2 Å². The predicted molar refractivity (Wildman–Crippen MR) is 138 cm³/mol. The molecule has 4 rings (SSSR count). The largest absolute Gasteiger partial charge is 0.457 e. The molecule has 2 aromatic carbocycles. The molecule has 1 atom stereocenters. The molecule has 1 saturated heterocycles. The molecule has 1 aliphatic heterocycles. The van der Waals surface area contributed by atoms with Crippen molar-refractivity contribution >= 4 is 18.6 Å². The van der Waals surface area contributed by atoms with Gasteiger partial charge in [-0.1, -0.05) is 18.2 Å². The molecule has 0 bridgehead atoms. The Hall–Kier alpha value is -3.81. The molecule has 0 aliphatic carbocycles. The number of rotatable bonds is 6. The maximum absolute atomic E-state index is 12.6. The molecule has 35 heavy (non-hydrogen) atoms. The Morgan fingerprint density at radius 1 is 1.14 bits per heavy atom. The molecule has 1 fully saturated rings. The summed E-state index contributed by atoms with van der Waals surface area (Å²) in [6, 6.07) is 17.3. The van der Waals surface area contributed by atoms with Gasteiger partial charge in [0.15, 0.2) is 0 Å². The number of benzene rings is 2. The number of carbonyl (C=O) groups excluding carboxylic acids is 1. The van der Waals surface area contributed by atoms with Crippen LogP contribution in [0.4, 0.5) is 10.6 Å². The molecule has 0 spiro atoms. The Morgan fingerprint density at radius 3 is 2.49 bits per heavy atom. The number of aromatic nitrogens is 2. The molecule has 184 valence electrons. The van der Waals surface area contributed by atoms with Crippen LogP contribution in [-0.2, 0) is 11.3 Å². The van der Waals surface area contributed by atoms with Crippen molar-refractivity contribution in [3.8, 4) is 22.8 Å². The summed E-state index contributed by atoms with van der Waals surface area (Å²) < 4.78 is 13.3. The van der Waals surface area contributed by atoms with Gasteiger partial charge in [-0.05, 0) is 76.7 Å². The molecule has 1 unspecified atom stereocenters. The average Bonchev–Trinajstić information content (AvgIpc) is 3.16. The van der Waals surface area contributed by atoms with E-state index in [4.69, 9.17) is 20.3 Å². The van der Waals surface area contributed by atoms with Crippen LogP contribution in [0, 0.1) is 0 Å². The highest BCUT2D eigenvalue weighted by Crippen LogP contribution is 2.34. The number of ether oxygens (including phenoxy) is 2. The number of piperidine rings is 1. The summed E-state index contributed by atoms with van der Waals surface area (Å²) in [5, 5.41) is 4.89. The highest BCUT2D eigenvalue weighted by molar-refractivity contribution is 5.70. The predicted octanol–water partition coefficient (Wildman–Crippen LogP) is 5.70. The number of amides is 1. The normalized spacial score (nSPS) is 16.1. The van der Waals surface area contributed by atoms with Gasteiger partial charge in [0.1, 0.15) is 22.9 Å². The maximum Gasteiger partial charge on any atom is 0.410 e. The average molecular weight is 476 g/mol. The molecule has 1 amide bonds. The second-order valence-electron chi connectivity index (χ2n) is 9.70. The van der Waals surface area contributed by atoms with E-state index in [9.17, 15) is 4.79 Å². The monoisotopic (exact) mass is 475 g/mol. The van der Waals surface area contributed by atoms with E-state index < -0.39 is 5.60 Å². The number of likely N-dealkylation sites (tertiary alicyclic amines) is 1. The number of anilines is 1. The van der Waals surface area contributed by atoms with Crippen LogP contribution < -0.4 is 10.5 Å². The maximum atomic E-state index is 12.6. The van der Waals surface area contributed by atoms with E-state index in [-0.39, 0.29) is 12.1 Å². The zero-order chi connectivity index (χ0) is 25.0. The van der Waals surface area contributed by atoms with Gasteiger partial charge in [-0.2, -0.15) is 5.10 Å². The van der Waals surface area contributed by atoms with Crippen molar-refractivity contribution in [1.29, 1.82) is 0 Å². The van der Waals surface area contributed by atoms with Crippen molar-refractivity contribution in [3.63, 3.8) is 0 Å². The van der Waals surface area contributed by atoms with Gasteiger partial charge in [-0.25, -0.2) is 9.48 Å². The van der Waals surface area contributed by atoms with Gasteiger partial charge in [0.05, 0.1) is 18.3 Å². The standard InChI is InChI=1S/C27H33N5O3/c1-27(2,3)35-26(33)31-16-8-9-20(18-31)32-25(28)23(17-29-4)24(30-32)19-12-14-22(15-13-19)34-21-10-6-5-7-11-21/h5-7,10-15,20H,4,8-9,16-18,28H2,1-3H3. The number of para-hydroxylation sites is 1. The Balaban J connectivity index is 1.57. The molecule has 0 saturated carbocycles. The Morgan fingerprint density at radius 2 is 1.83 bits per heavy atom. The fraction of sp³-hybridized carbons (Fsp3) is 0.370. The second kappa shape index (κ2) is 10.2. The van der Waals surface area contributed by atoms with Crippen molar-refractivity contribution < 1.29 is 14.3 Å². The molecule has 0 radical (unpaired) electrons. The Bertz CT molecular complexity index is 1170. The molecule has 2 N–H and O–H groups in total. The van der Waals surface area contributed by atoms with Crippen LogP contribution in [-0.4, -0.2) is 46.2 Å². The Labute approximate surface area is 206 Å². The van der Waals surface area contributed by atoms with Crippen LogP contribution in [0.5, 0.6) is 11.5 Å². The Kier molecular flexibility index (Phi) is 7.10. The quantitative estimate of drug-likeness (QED) is 0.462. The van der Waals surface area contributed by atoms with E-state index in [1.54, 1.807) is 4.90 Å². The van der Waals surface area contributed by atoms with E-state index in [2.05, 4.69) is 11.7 Å². The molecular weight excluding hydrogens is 442 g/mol. The van der Waals surface area contributed by atoms with Crippen LogP contribution in [0.25, 0.3) is 11.3 Å². The van der Waals surface area contributed by atoms with Crippen molar-refractivity contribution in [2.24, 2.45) is 4.99 Å². The van der Waals surface area contributed by atoms with Crippen LogP contribution in [0.15, 0.2) is 59.6 Å². The summed E-state index contributed by atoms with van der Waals surface area (Å²) in [4.78, 5) is 18.5. The molecule has 1 aromatic heterocycles. The summed E-state index contributed by atoms with van der Waals surface area (Å²) in [5.74, 6) is 2.06. The first-order chi connectivity index (χ1) is 16.7. The third-order valence-electron chi connectivity index (χ3n) is 5.82. The van der Waals surface area contributed by atoms with E-state index in [0.29, 0.717) is 25.5 Å². The summed E-state index contributed by atoms with van der Waals surface area (Å²) in [6.45, 7) is 10.8. The lowest BCUT2D eigenvalue weighted by molar-refractivity contribution is 0.0168. The molecule has 8 heteroatoms. The zero-order valence-corrected chi connectivity index (χ0v) is 20.6. The number of carbonyl (C=O) groups is 1. The van der Waals surface area contributed by atoms with E-state index in [1.165, 1.54) is 0 Å². The first kappa shape index (κ1) is 24.3. The molecule has 1 aliphatic rings. The van der Waals surface area contributed by atoms with Crippen molar-refractivity contribution in [2.45, 2.75) is 51.8 Å². The topological polar surface area (TPSA) is 95.0 Å². The number of hydrogen-bond donors (Lipinski definition) is 1. The smallest absolute Gasteiger partial charge is 0.410 e. The molecule has 3 aromatic rings. The van der Waals surface area contributed by atoms with Gasteiger partial charge in [0, 0.05) is 24.2 Å². The van der Waals surface area contributed by atoms with Gasteiger partial charge >= 0.3 is 6.09 Å². The SMILES string of the molecule is C=NCc1c(-c2ccc(Oc3ccccc3)cc2)nn(C2CCCN(C(=O)OC(C)(C)C)C2)c1N. The first-order valence-corrected chi connectivity index (χ1v) is 11.9. The minimum absolute atomic E-state index is 0.0470.